The molecular weight excluding hydrogens is 488 g/mol. The molecule has 3 aliphatic rings. The van der Waals surface area contributed by atoms with Gasteiger partial charge in [-0.2, -0.15) is 8.42 Å². The molecule has 3 aliphatic carbocycles. The van der Waals surface area contributed by atoms with Gasteiger partial charge in [0.2, 0.25) is 5.78 Å². The molecule has 1 amide bonds. The maximum atomic E-state index is 13.5. The number of nitrogens with two attached hydrogens (primary N) is 1. The van der Waals surface area contributed by atoms with Crippen molar-refractivity contribution in [3.63, 3.8) is 0 Å². The number of rotatable bonds is 2. The lowest BCUT2D eigenvalue weighted by atomic mass is 9.57. The highest BCUT2D eigenvalue weighted by atomic mass is 32.3. The van der Waals surface area contributed by atoms with Gasteiger partial charge in [0, 0.05) is 11.5 Å². The molecule has 0 aliphatic heterocycles. The van der Waals surface area contributed by atoms with Gasteiger partial charge in [0.25, 0.3) is 5.91 Å². The fourth-order valence-electron chi connectivity index (χ4n) is 5.18. The van der Waals surface area contributed by atoms with Gasteiger partial charge in [-0.15, -0.1) is 0 Å². The second-order valence-electron chi connectivity index (χ2n) is 8.72. The summed E-state index contributed by atoms with van der Waals surface area (Å²) in [5.41, 5.74) is 2.41. The molecule has 0 heterocycles. The second-order valence-corrected chi connectivity index (χ2v) is 9.62. The molecule has 190 valence electrons. The van der Waals surface area contributed by atoms with Gasteiger partial charge in [0.15, 0.2) is 11.4 Å². The molecule has 0 spiro atoms. The van der Waals surface area contributed by atoms with Crippen LogP contribution in [0.5, 0.6) is 5.75 Å². The molecule has 4 unspecified atom stereocenters. The number of phenols is 1. The molecule has 0 radical (unpaired) electrons. The van der Waals surface area contributed by atoms with Gasteiger partial charge < -0.3 is 26.2 Å². The Morgan fingerprint density at radius 2 is 1.71 bits per heavy atom. The lowest BCUT2D eigenvalue weighted by molar-refractivity contribution is -0.153. The van der Waals surface area contributed by atoms with Gasteiger partial charge in [0.1, 0.15) is 22.8 Å². The number of aromatic hydroxyl groups is 1. The maximum absolute atomic E-state index is 13.5. The molecule has 0 saturated heterocycles. The molecule has 0 aromatic heterocycles. The van der Waals surface area contributed by atoms with Gasteiger partial charge in [-0.1, -0.05) is 12.1 Å². The first-order valence-electron chi connectivity index (χ1n) is 10.2. The van der Waals surface area contributed by atoms with Crippen molar-refractivity contribution in [3.8, 4) is 5.75 Å². The zero-order valence-electron chi connectivity index (χ0n) is 18.5. The molecule has 1 saturated carbocycles. The first-order chi connectivity index (χ1) is 16.0. The Morgan fingerprint density at radius 1 is 1.14 bits per heavy atom. The maximum Gasteiger partial charge on any atom is 0.394 e. The van der Waals surface area contributed by atoms with Crippen LogP contribution in [0.25, 0.3) is 5.76 Å². The average molecular weight is 512 g/mol. The standard InChI is InChI=1S/C21H22N2O7.H2O4S/c1-23(2)15-10-7-9-6-8-4-3-5-11(24)12(8)16(25)13(9)18(27)21(10,30)19(28)14(17(15)26)20(22)29;1-5(2,3)4/h3-5,9-10,15,24-25,28,30H,6-7H2,1-2H3,(H2,22,29);(H2,1,2,3,4). The predicted molar refractivity (Wildman–Crippen MR) is 118 cm³/mol. The third kappa shape index (κ3) is 4.30. The fourth-order valence-corrected chi connectivity index (χ4v) is 5.18. The van der Waals surface area contributed by atoms with Crippen LogP contribution < -0.4 is 5.73 Å². The SMILES string of the molecule is CN(C)C1C(=O)C(C(N)=O)=C(O)C2(O)C(=O)C3=C(O)c4c(O)cccc4CC3CC12.O=S(=O)(O)O. The predicted octanol–water partition coefficient (Wildman–Crippen LogP) is -0.689. The number of aliphatic hydroxyl groups excluding tert-OH is 2. The number of amides is 1. The summed E-state index contributed by atoms with van der Waals surface area (Å²) in [5.74, 6) is -6.43. The van der Waals surface area contributed by atoms with Gasteiger partial charge in [-0.25, -0.2) is 0 Å². The Hall–Kier alpha value is -3.30. The van der Waals surface area contributed by atoms with Crippen LogP contribution in [0.1, 0.15) is 17.5 Å². The van der Waals surface area contributed by atoms with Gasteiger partial charge in [-0.05, 0) is 44.5 Å². The molecule has 14 heteroatoms. The number of fused-ring (bicyclic) bond motifs is 3. The van der Waals surface area contributed by atoms with Gasteiger partial charge in [-0.3, -0.25) is 28.4 Å². The Morgan fingerprint density at radius 3 is 2.23 bits per heavy atom. The van der Waals surface area contributed by atoms with E-state index in [0.717, 1.165) is 0 Å². The van der Waals surface area contributed by atoms with E-state index in [0.29, 0.717) is 12.0 Å². The van der Waals surface area contributed by atoms with E-state index < -0.39 is 68.4 Å². The van der Waals surface area contributed by atoms with Crippen molar-refractivity contribution in [2.75, 3.05) is 14.1 Å². The van der Waals surface area contributed by atoms with E-state index >= 15 is 0 Å². The largest absolute Gasteiger partial charge is 0.508 e. The number of hydrogen-bond acceptors (Lipinski definition) is 10. The number of carbonyl (C=O) groups excluding carboxylic acids is 3. The topological polar surface area (TPSA) is 236 Å². The third-order valence-corrected chi connectivity index (χ3v) is 6.46. The van der Waals surface area contributed by atoms with Crippen molar-refractivity contribution in [1.29, 1.82) is 0 Å². The number of carbonyl (C=O) groups is 3. The van der Waals surface area contributed by atoms with Crippen LogP contribution in [0.2, 0.25) is 0 Å². The number of nitrogens with zero attached hydrogens (tertiary/aromatic N) is 1. The van der Waals surface area contributed by atoms with E-state index in [4.69, 9.17) is 23.3 Å². The smallest absolute Gasteiger partial charge is 0.394 e. The lowest BCUT2D eigenvalue weighted by Gasteiger charge is -2.50. The summed E-state index contributed by atoms with van der Waals surface area (Å²) >= 11 is 0. The van der Waals surface area contributed by atoms with E-state index in [1.165, 1.54) is 11.0 Å². The molecule has 4 rings (SSSR count). The minimum Gasteiger partial charge on any atom is -0.508 e. The Bertz CT molecular complexity index is 1290. The second kappa shape index (κ2) is 8.73. The number of Topliss-reactive ketones (excluding diaryl/α,β-unsaturated/α-hetero) is 2. The Balaban J connectivity index is 0.000000623. The van der Waals surface area contributed by atoms with Crippen molar-refractivity contribution < 1.29 is 52.3 Å². The number of benzene rings is 1. The highest BCUT2D eigenvalue weighted by Crippen LogP contribution is 2.52. The first-order valence-corrected chi connectivity index (χ1v) is 11.6. The van der Waals surface area contributed by atoms with E-state index in [9.17, 15) is 34.8 Å². The highest BCUT2D eigenvalue weighted by molar-refractivity contribution is 7.79. The van der Waals surface area contributed by atoms with Gasteiger partial charge in [0.05, 0.1) is 11.6 Å². The summed E-state index contributed by atoms with van der Waals surface area (Å²) in [6.45, 7) is 0. The van der Waals surface area contributed by atoms with Crippen molar-refractivity contribution in [2.45, 2.75) is 24.5 Å². The van der Waals surface area contributed by atoms with Crippen LogP contribution in [-0.4, -0.2) is 86.1 Å². The lowest BCUT2D eigenvalue weighted by Crippen LogP contribution is -2.65. The van der Waals surface area contributed by atoms with Crippen molar-refractivity contribution in [2.24, 2.45) is 17.6 Å². The summed E-state index contributed by atoms with van der Waals surface area (Å²) in [6.07, 6.45) is 0.379. The molecule has 1 aromatic carbocycles. The Labute approximate surface area is 199 Å². The van der Waals surface area contributed by atoms with Crippen LogP contribution in [0.15, 0.2) is 35.1 Å². The number of primary amides is 1. The molecule has 4 atom stereocenters. The molecule has 0 bridgehead atoms. The number of phenolic OH excluding ortho intramolecular Hbond substituents is 1. The van der Waals surface area contributed by atoms with Crippen LogP contribution in [0.3, 0.4) is 0 Å². The fraction of sp³-hybridized carbons (Fsp3) is 0.381. The van der Waals surface area contributed by atoms with Crippen molar-refractivity contribution >= 4 is 33.6 Å². The summed E-state index contributed by atoms with van der Waals surface area (Å²) in [6, 6.07) is 3.62. The number of hydrogen-bond donors (Lipinski definition) is 7. The highest BCUT2D eigenvalue weighted by Gasteiger charge is 2.64. The number of aliphatic hydroxyl groups is 3. The summed E-state index contributed by atoms with van der Waals surface area (Å²) < 4.78 is 31.6. The van der Waals surface area contributed by atoms with Crippen LogP contribution in [0.4, 0.5) is 0 Å². The van der Waals surface area contributed by atoms with E-state index in [-0.39, 0.29) is 23.3 Å². The van der Waals surface area contributed by atoms with Crippen LogP contribution in [0, 0.1) is 11.8 Å². The van der Waals surface area contributed by atoms with Crippen LogP contribution in [-0.2, 0) is 31.2 Å². The minimum atomic E-state index is -4.67. The van der Waals surface area contributed by atoms with E-state index in [1.54, 1.807) is 26.2 Å². The number of ketones is 2. The van der Waals surface area contributed by atoms with Crippen LogP contribution >= 0.6 is 0 Å². The molecule has 8 N–H and O–H groups in total. The van der Waals surface area contributed by atoms with E-state index in [1.807, 2.05) is 0 Å². The summed E-state index contributed by atoms with van der Waals surface area (Å²) in [4.78, 5) is 39.7. The molecular formula is C21H24N2O11S. The zero-order chi connectivity index (χ0) is 26.6. The quantitative estimate of drug-likeness (QED) is 0.193. The zero-order valence-corrected chi connectivity index (χ0v) is 19.4. The molecule has 1 fully saturated rings. The average Bonchev–Trinajstić information content (AvgIpc) is 2.69. The number of likely N-dealkylation sites (N-methyl/N-ethyl adjacent to an activating group) is 1. The van der Waals surface area contributed by atoms with Gasteiger partial charge >= 0.3 is 10.4 Å². The summed E-state index contributed by atoms with van der Waals surface area (Å²) in [5, 5.41) is 43.1. The normalized spacial score (nSPS) is 28.1. The molecule has 1 aromatic rings. The van der Waals surface area contributed by atoms with Crippen molar-refractivity contribution in [1.82, 2.24) is 4.90 Å². The third-order valence-electron chi connectivity index (χ3n) is 6.46. The minimum absolute atomic E-state index is 0.0847. The Kier molecular flexibility index (Phi) is 6.56. The molecule has 35 heavy (non-hydrogen) atoms. The summed E-state index contributed by atoms with van der Waals surface area (Å²) in [7, 11) is -1.54. The molecule has 13 nitrogen and oxygen atoms in total. The van der Waals surface area contributed by atoms with Crippen molar-refractivity contribution in [3.05, 3.63) is 46.2 Å². The van der Waals surface area contributed by atoms with E-state index in [2.05, 4.69) is 0 Å². The first kappa shape index (κ1) is 26.3. The monoisotopic (exact) mass is 512 g/mol.